The molecule has 7 heteroatoms. The Hall–Kier alpha value is -2.02. The molecule has 2 atom stereocenters. The van der Waals surface area contributed by atoms with Crippen LogP contribution in [0.5, 0.6) is 0 Å². The quantitative estimate of drug-likeness (QED) is 0.759. The van der Waals surface area contributed by atoms with E-state index in [9.17, 15) is 28.6 Å². The minimum Gasteiger partial charge on any atom is -0.547 e. The predicted octanol–water partition coefficient (Wildman–Crippen LogP) is -0.449. The summed E-state index contributed by atoms with van der Waals surface area (Å²) in [5, 5.41) is 21.9. The first-order valence-electron chi connectivity index (χ1n) is 5.34. The van der Waals surface area contributed by atoms with Gasteiger partial charge in [0.1, 0.15) is 11.6 Å². The molecule has 0 saturated carbocycles. The zero-order valence-corrected chi connectivity index (χ0v) is 9.97. The number of alkyl halides is 2. The van der Waals surface area contributed by atoms with Crippen LogP contribution in [-0.4, -0.2) is 35.1 Å². The van der Waals surface area contributed by atoms with Crippen LogP contribution in [0.4, 0.5) is 8.78 Å². The van der Waals surface area contributed by atoms with Gasteiger partial charge in [0.05, 0.1) is 5.97 Å². The maximum Gasteiger partial charge on any atom is 0.261 e. The molecule has 0 aliphatic heterocycles. The lowest BCUT2D eigenvalue weighted by atomic mass is 9.96. The first-order valence-corrected chi connectivity index (χ1v) is 5.34. The van der Waals surface area contributed by atoms with E-state index in [0.29, 0.717) is 6.92 Å². The van der Waals surface area contributed by atoms with Gasteiger partial charge in [0.15, 0.2) is 0 Å². The van der Waals surface area contributed by atoms with E-state index in [0.717, 1.165) is 0 Å². The number of aliphatic carboxylic acids is 1. The molecule has 19 heavy (non-hydrogen) atoms. The standard InChI is InChI=1S/C12H13F2NO4/c1-12(19,11(17)18)8(9(13)14)15-10(16)7-5-3-2-4-6-7/h2-6,8-9,19H,1H3,(H,15,16)(H,17,18)/p-1/t8-,12+/m0/s1. The lowest BCUT2D eigenvalue weighted by molar-refractivity contribution is -0.326. The highest BCUT2D eigenvalue weighted by atomic mass is 19.3. The van der Waals surface area contributed by atoms with Crippen molar-refractivity contribution >= 4 is 11.9 Å². The summed E-state index contributed by atoms with van der Waals surface area (Å²) in [7, 11) is 0. The van der Waals surface area contributed by atoms with Gasteiger partial charge in [-0.1, -0.05) is 18.2 Å². The molecule has 0 aromatic heterocycles. The van der Waals surface area contributed by atoms with E-state index in [-0.39, 0.29) is 5.56 Å². The number of carbonyl (C=O) groups excluding carboxylic acids is 2. The second-order valence-electron chi connectivity index (χ2n) is 4.09. The molecule has 0 saturated heterocycles. The molecule has 0 bridgehead atoms. The molecule has 5 nitrogen and oxygen atoms in total. The lowest BCUT2D eigenvalue weighted by Crippen LogP contribution is -2.62. The molecule has 1 amide bonds. The number of amides is 1. The number of hydrogen-bond acceptors (Lipinski definition) is 4. The molecule has 1 aromatic carbocycles. The van der Waals surface area contributed by atoms with E-state index in [4.69, 9.17) is 0 Å². The van der Waals surface area contributed by atoms with Crippen LogP contribution in [0.15, 0.2) is 30.3 Å². The van der Waals surface area contributed by atoms with Crippen LogP contribution >= 0.6 is 0 Å². The molecule has 0 heterocycles. The first-order chi connectivity index (χ1) is 8.76. The highest BCUT2D eigenvalue weighted by molar-refractivity contribution is 5.95. The zero-order valence-electron chi connectivity index (χ0n) is 9.97. The van der Waals surface area contributed by atoms with E-state index in [1.807, 2.05) is 0 Å². The monoisotopic (exact) mass is 272 g/mol. The smallest absolute Gasteiger partial charge is 0.261 e. The third kappa shape index (κ3) is 3.47. The fourth-order valence-corrected chi connectivity index (χ4v) is 1.39. The Labute approximate surface area is 107 Å². The van der Waals surface area contributed by atoms with Crippen molar-refractivity contribution in [2.45, 2.75) is 25.0 Å². The molecule has 0 aliphatic carbocycles. The van der Waals surface area contributed by atoms with Crippen LogP contribution in [0.3, 0.4) is 0 Å². The summed E-state index contributed by atoms with van der Waals surface area (Å²) in [5.41, 5.74) is -2.80. The van der Waals surface area contributed by atoms with Crippen LogP contribution in [0.2, 0.25) is 0 Å². The van der Waals surface area contributed by atoms with Crippen LogP contribution in [0, 0.1) is 0 Å². The lowest BCUT2D eigenvalue weighted by Gasteiger charge is -2.33. The number of nitrogens with one attached hydrogen (secondary N) is 1. The molecule has 1 aromatic rings. The third-order valence-electron chi connectivity index (χ3n) is 2.59. The summed E-state index contributed by atoms with van der Waals surface area (Å²) in [4.78, 5) is 22.3. The molecule has 0 fully saturated rings. The minimum absolute atomic E-state index is 0.0716. The van der Waals surface area contributed by atoms with Gasteiger partial charge in [-0.25, -0.2) is 8.78 Å². The summed E-state index contributed by atoms with van der Waals surface area (Å²) in [6.07, 6.45) is -3.26. The predicted molar refractivity (Wildman–Crippen MR) is 59.3 cm³/mol. The van der Waals surface area contributed by atoms with Crippen molar-refractivity contribution in [1.82, 2.24) is 5.32 Å². The number of rotatable bonds is 5. The second kappa shape index (κ2) is 5.75. The third-order valence-corrected chi connectivity index (χ3v) is 2.59. The Morgan fingerprint density at radius 3 is 2.26 bits per heavy atom. The van der Waals surface area contributed by atoms with Gasteiger partial charge < -0.3 is 20.3 Å². The number of carbonyl (C=O) groups is 2. The van der Waals surface area contributed by atoms with Gasteiger partial charge in [-0.2, -0.15) is 0 Å². The van der Waals surface area contributed by atoms with E-state index in [1.165, 1.54) is 24.3 Å². The van der Waals surface area contributed by atoms with Crippen molar-refractivity contribution in [2.75, 3.05) is 0 Å². The molecular weight excluding hydrogens is 260 g/mol. The fourth-order valence-electron chi connectivity index (χ4n) is 1.39. The largest absolute Gasteiger partial charge is 0.547 e. The highest BCUT2D eigenvalue weighted by Gasteiger charge is 2.41. The van der Waals surface area contributed by atoms with Crippen molar-refractivity contribution in [1.29, 1.82) is 0 Å². The Morgan fingerprint density at radius 1 is 1.32 bits per heavy atom. The van der Waals surface area contributed by atoms with Gasteiger partial charge in [-0.15, -0.1) is 0 Å². The van der Waals surface area contributed by atoms with Crippen molar-refractivity contribution < 1.29 is 28.6 Å². The molecule has 2 N–H and O–H groups in total. The second-order valence-corrected chi connectivity index (χ2v) is 4.09. The Kier molecular flexibility index (Phi) is 4.55. The van der Waals surface area contributed by atoms with E-state index < -0.39 is 29.9 Å². The van der Waals surface area contributed by atoms with E-state index >= 15 is 0 Å². The van der Waals surface area contributed by atoms with E-state index in [1.54, 1.807) is 11.4 Å². The number of halogens is 2. The van der Waals surface area contributed by atoms with Gasteiger partial charge in [0, 0.05) is 5.56 Å². The Bertz CT molecular complexity index is 462. The average Bonchev–Trinajstić information content (AvgIpc) is 2.35. The molecule has 104 valence electrons. The number of carboxylic acid groups (broad SMARTS) is 1. The Morgan fingerprint density at radius 2 is 1.84 bits per heavy atom. The van der Waals surface area contributed by atoms with E-state index in [2.05, 4.69) is 0 Å². The van der Waals surface area contributed by atoms with Crippen molar-refractivity contribution in [3.05, 3.63) is 35.9 Å². The molecule has 0 unspecified atom stereocenters. The number of carboxylic acids is 1. The summed E-state index contributed by atoms with van der Waals surface area (Å²) in [6.45, 7) is 0.643. The molecule has 0 spiro atoms. The van der Waals surface area contributed by atoms with Crippen LogP contribution in [-0.2, 0) is 4.79 Å². The summed E-state index contributed by atoms with van der Waals surface area (Å²) in [5.74, 6) is -3.00. The number of hydrogen-bond donors (Lipinski definition) is 2. The fraction of sp³-hybridized carbons (Fsp3) is 0.333. The summed E-state index contributed by atoms with van der Waals surface area (Å²) >= 11 is 0. The van der Waals surface area contributed by atoms with Gasteiger partial charge in [0.25, 0.3) is 12.3 Å². The zero-order chi connectivity index (χ0) is 14.6. The molecular formula is C12H12F2NO4-. The van der Waals surface area contributed by atoms with Gasteiger partial charge >= 0.3 is 0 Å². The van der Waals surface area contributed by atoms with Crippen LogP contribution in [0.1, 0.15) is 17.3 Å². The highest BCUT2D eigenvalue weighted by Crippen LogP contribution is 2.17. The maximum absolute atomic E-state index is 12.8. The van der Waals surface area contributed by atoms with Gasteiger partial charge in [-0.05, 0) is 19.1 Å². The number of aliphatic hydroxyl groups is 1. The van der Waals surface area contributed by atoms with Gasteiger partial charge in [-0.3, -0.25) is 4.79 Å². The summed E-state index contributed by atoms with van der Waals surface area (Å²) in [6, 6.07) is 5.12. The molecule has 0 radical (unpaired) electrons. The van der Waals surface area contributed by atoms with Crippen LogP contribution < -0.4 is 10.4 Å². The SMILES string of the molecule is C[C@](O)(C(=O)[O-])[C@@H](NC(=O)c1ccccc1)C(F)F. The Balaban J connectivity index is 2.92. The molecule has 0 aliphatic rings. The topological polar surface area (TPSA) is 89.5 Å². The molecule has 1 rings (SSSR count). The number of benzene rings is 1. The summed E-state index contributed by atoms with van der Waals surface area (Å²) < 4.78 is 25.5. The minimum atomic E-state index is -3.26. The first kappa shape index (κ1) is 15.0. The normalized spacial score (nSPS) is 15.6. The van der Waals surface area contributed by atoms with Crippen molar-refractivity contribution in [3.8, 4) is 0 Å². The van der Waals surface area contributed by atoms with Crippen molar-refractivity contribution in [3.63, 3.8) is 0 Å². The maximum atomic E-state index is 12.8. The van der Waals surface area contributed by atoms with Crippen molar-refractivity contribution in [2.24, 2.45) is 0 Å². The van der Waals surface area contributed by atoms with Crippen LogP contribution in [0.25, 0.3) is 0 Å². The van der Waals surface area contributed by atoms with Gasteiger partial charge in [0.2, 0.25) is 0 Å². The average molecular weight is 272 g/mol.